The predicted octanol–water partition coefficient (Wildman–Crippen LogP) is 3.01. The second-order valence-corrected chi connectivity index (χ2v) is 19.8. The molecule has 278 valence electrons. The first kappa shape index (κ1) is 39.4. The fourth-order valence-electron chi connectivity index (χ4n) is 8.07. The van der Waals surface area contributed by atoms with E-state index in [1.807, 2.05) is 20.8 Å². The number of carbonyl (C=O) groups excluding carboxylic acids is 5. The second-order valence-electron chi connectivity index (χ2n) is 17.1. The quantitative estimate of drug-likeness (QED) is 0.122. The number of ketones is 1. The molecule has 0 bridgehead atoms. The molecule has 0 radical (unpaired) electrons. The molecule has 13 heteroatoms. The summed E-state index contributed by atoms with van der Waals surface area (Å²) in [5.74, 6) is -0.300. The summed E-state index contributed by atoms with van der Waals surface area (Å²) in [5, 5.41) is 11.1. The maximum absolute atomic E-state index is 14.5. The van der Waals surface area contributed by atoms with Crippen LogP contribution in [-0.4, -0.2) is 90.1 Å². The molecule has 1 saturated heterocycles. The summed E-state index contributed by atoms with van der Waals surface area (Å²) in [4.78, 5) is 69.4. The van der Waals surface area contributed by atoms with E-state index in [1.54, 1.807) is 20.8 Å². The molecule has 0 aromatic carbocycles. The monoisotopic (exact) mass is 715 g/mol. The van der Waals surface area contributed by atoms with Crippen molar-refractivity contribution >= 4 is 39.4 Å². The van der Waals surface area contributed by atoms with Crippen LogP contribution in [0.2, 0.25) is 0 Å². The Morgan fingerprint density at radius 3 is 2.16 bits per heavy atom. The summed E-state index contributed by atoms with van der Waals surface area (Å²) < 4.78 is 25.7. The van der Waals surface area contributed by atoms with E-state index in [0.29, 0.717) is 19.4 Å². The lowest BCUT2D eigenvalue weighted by atomic mass is 9.83. The average molecular weight is 716 g/mol. The number of nitrogens with one attached hydrogen (secondary N) is 4. The number of urea groups is 1. The first-order chi connectivity index (χ1) is 23.2. The molecular weight excluding hydrogens is 659 g/mol. The van der Waals surface area contributed by atoms with Crippen LogP contribution in [0.25, 0.3) is 0 Å². The molecule has 50 heavy (non-hydrogen) atoms. The molecule has 3 aliphatic carbocycles. The molecule has 4 unspecified atom stereocenters. The van der Waals surface area contributed by atoms with Gasteiger partial charge in [0, 0.05) is 19.5 Å². The highest BCUT2D eigenvalue weighted by molar-refractivity contribution is 7.92. The number of rotatable bonds is 14. The van der Waals surface area contributed by atoms with E-state index < -0.39 is 73.2 Å². The summed E-state index contributed by atoms with van der Waals surface area (Å²) in [6.07, 6.45) is 12.8. The molecule has 0 aromatic heterocycles. The van der Waals surface area contributed by atoms with Gasteiger partial charge in [0.25, 0.3) is 5.91 Å². The maximum atomic E-state index is 14.5. The Kier molecular flexibility index (Phi) is 11.6. The number of amides is 5. The molecule has 1 heterocycles. The van der Waals surface area contributed by atoms with Gasteiger partial charge in [0.2, 0.25) is 17.6 Å². The van der Waals surface area contributed by atoms with Gasteiger partial charge in [0.05, 0.1) is 22.1 Å². The molecule has 5 amide bonds. The highest BCUT2D eigenvalue weighted by atomic mass is 32.2. The third-order valence-electron chi connectivity index (χ3n) is 11.0. The van der Waals surface area contributed by atoms with Crippen molar-refractivity contribution in [3.63, 3.8) is 0 Å². The zero-order valence-electron chi connectivity index (χ0n) is 30.7. The Bertz CT molecular complexity index is 1510. The van der Waals surface area contributed by atoms with Gasteiger partial charge in [-0.3, -0.25) is 19.2 Å². The number of terminal acetylenes is 1. The summed E-state index contributed by atoms with van der Waals surface area (Å²) in [6.45, 7) is 14.8. The van der Waals surface area contributed by atoms with Gasteiger partial charge in [-0.2, -0.15) is 0 Å². The van der Waals surface area contributed by atoms with Gasteiger partial charge in [0.15, 0.2) is 9.84 Å². The highest BCUT2D eigenvalue weighted by Gasteiger charge is 2.79. The number of carbonyl (C=O) groups is 5. The van der Waals surface area contributed by atoms with Gasteiger partial charge >= 0.3 is 6.03 Å². The Morgan fingerprint density at radius 1 is 0.980 bits per heavy atom. The van der Waals surface area contributed by atoms with E-state index in [2.05, 4.69) is 33.8 Å². The predicted molar refractivity (Wildman–Crippen MR) is 191 cm³/mol. The van der Waals surface area contributed by atoms with E-state index in [4.69, 9.17) is 6.42 Å². The fraction of sp³-hybridized carbons (Fsp3) is 0.757. The Morgan fingerprint density at radius 2 is 1.62 bits per heavy atom. The van der Waals surface area contributed by atoms with E-state index in [9.17, 15) is 32.4 Å². The van der Waals surface area contributed by atoms with Crippen molar-refractivity contribution in [2.45, 2.75) is 134 Å². The minimum Gasteiger partial charge on any atom is -0.346 e. The highest BCUT2D eigenvalue weighted by Crippen LogP contribution is 2.78. The van der Waals surface area contributed by atoms with Crippen LogP contribution in [0.5, 0.6) is 0 Å². The normalized spacial score (nSPS) is 24.5. The maximum Gasteiger partial charge on any atom is 0.315 e. The van der Waals surface area contributed by atoms with Crippen LogP contribution in [0, 0.1) is 35.0 Å². The van der Waals surface area contributed by atoms with Crippen molar-refractivity contribution in [3.8, 4) is 12.3 Å². The number of fused-ring (bicyclic) bond motifs is 3. The molecule has 4 rings (SSSR count). The van der Waals surface area contributed by atoms with Crippen molar-refractivity contribution in [1.29, 1.82) is 0 Å². The molecule has 1 aliphatic heterocycles. The van der Waals surface area contributed by atoms with Gasteiger partial charge in [0.1, 0.15) is 12.1 Å². The molecule has 4 aliphatic rings. The van der Waals surface area contributed by atoms with E-state index in [1.165, 1.54) is 11.0 Å². The van der Waals surface area contributed by atoms with Gasteiger partial charge in [-0.1, -0.05) is 46.1 Å². The summed E-state index contributed by atoms with van der Waals surface area (Å²) in [7, 11) is -3.57. The van der Waals surface area contributed by atoms with Crippen molar-refractivity contribution in [2.75, 3.05) is 18.8 Å². The minimum absolute atomic E-state index is 0.00861. The van der Waals surface area contributed by atoms with Crippen molar-refractivity contribution in [3.05, 3.63) is 12.7 Å². The topological polar surface area (TPSA) is 171 Å². The first-order valence-corrected chi connectivity index (χ1v) is 19.6. The van der Waals surface area contributed by atoms with Crippen LogP contribution in [0.3, 0.4) is 0 Å². The number of sulfone groups is 1. The van der Waals surface area contributed by atoms with Crippen LogP contribution >= 0.6 is 0 Å². The van der Waals surface area contributed by atoms with E-state index in [0.717, 1.165) is 32.1 Å². The van der Waals surface area contributed by atoms with Gasteiger partial charge < -0.3 is 26.2 Å². The van der Waals surface area contributed by atoms with Crippen LogP contribution in [0.1, 0.15) is 106 Å². The fourth-order valence-corrected chi connectivity index (χ4v) is 9.59. The van der Waals surface area contributed by atoms with Crippen molar-refractivity contribution in [1.82, 2.24) is 26.2 Å². The number of hydrogen-bond acceptors (Lipinski definition) is 7. The molecule has 5 atom stereocenters. The summed E-state index contributed by atoms with van der Waals surface area (Å²) in [6, 6.07) is -3.66. The SMILES string of the molecule is C#CCCC(NC(=O)[C@@H]1C2C(CN1C(=O)C(CC(C)(C)C)NC(=O)NC1(CS(=O)(=O)C(C)(C)C)CCCCC1)C21CC1)C(=O)C(=O)NCC=C. The largest absolute Gasteiger partial charge is 0.346 e. The summed E-state index contributed by atoms with van der Waals surface area (Å²) >= 11 is 0. The lowest BCUT2D eigenvalue weighted by molar-refractivity contribution is -0.144. The smallest absolute Gasteiger partial charge is 0.315 e. The van der Waals surface area contributed by atoms with Crippen LogP contribution in [0.4, 0.5) is 4.79 Å². The lowest BCUT2D eigenvalue weighted by Crippen LogP contribution is -2.62. The molecule has 0 aromatic rings. The number of likely N-dealkylation sites (tertiary alicyclic amines) is 1. The second kappa shape index (κ2) is 14.7. The standard InChI is InChI=1S/C37H57N5O7S/c1-9-11-15-25(29(43)31(45)38-20-10-2)39-30(44)28-27-24(37(27)18-19-37)22-42(28)32(46)26(21-34(3,4)5)40-33(47)41-36(16-13-12-14-17-36)23-50(48,49)35(6,7)8/h1,10,24-28H,2,11-23H2,3-8H3,(H,38,45)(H,39,44)(H2,40,41,47)/t24?,25?,26?,27?,28-/m0/s1. The zero-order valence-corrected chi connectivity index (χ0v) is 31.5. The Balaban J connectivity index is 1.56. The molecule has 4 fully saturated rings. The van der Waals surface area contributed by atoms with E-state index >= 15 is 0 Å². The van der Waals surface area contributed by atoms with Crippen molar-refractivity contribution in [2.24, 2.45) is 22.7 Å². The number of piperidine rings is 1. The molecular formula is C37H57N5O7S. The molecule has 12 nitrogen and oxygen atoms in total. The van der Waals surface area contributed by atoms with Crippen LogP contribution in [-0.2, 0) is 29.0 Å². The molecule has 4 N–H and O–H groups in total. The Hall–Kier alpha value is -3.40. The lowest BCUT2D eigenvalue weighted by Gasteiger charge is -2.40. The van der Waals surface area contributed by atoms with E-state index in [-0.39, 0.29) is 48.8 Å². The average Bonchev–Trinajstić information content (AvgIpc) is 3.87. The molecule has 3 saturated carbocycles. The number of hydrogen-bond donors (Lipinski definition) is 4. The van der Waals surface area contributed by atoms with Gasteiger partial charge in [-0.25, -0.2) is 13.2 Å². The number of nitrogens with zero attached hydrogens (tertiary/aromatic N) is 1. The Labute approximate surface area is 298 Å². The van der Waals surface area contributed by atoms with Gasteiger partial charge in [-0.15, -0.1) is 18.9 Å². The van der Waals surface area contributed by atoms with Crippen LogP contribution in [0.15, 0.2) is 12.7 Å². The van der Waals surface area contributed by atoms with Crippen LogP contribution < -0.4 is 21.3 Å². The molecule has 1 spiro atoms. The zero-order chi connectivity index (χ0) is 37.3. The third-order valence-corrected chi connectivity index (χ3v) is 13.8. The summed E-state index contributed by atoms with van der Waals surface area (Å²) in [5.41, 5.74) is -1.35. The third kappa shape index (κ3) is 8.72. The van der Waals surface area contributed by atoms with Crippen molar-refractivity contribution < 1.29 is 32.4 Å². The first-order valence-electron chi connectivity index (χ1n) is 18.0. The number of Topliss-reactive ketones (excluding diaryl/α,β-unsaturated/α-hetero) is 1. The minimum atomic E-state index is -3.57. The van der Waals surface area contributed by atoms with Gasteiger partial charge in [-0.05, 0) is 82.0 Å².